The van der Waals surface area contributed by atoms with Crippen molar-refractivity contribution < 1.29 is 19.0 Å². The minimum absolute atomic E-state index is 0.0875. The molecule has 1 aliphatic heterocycles. The first-order chi connectivity index (χ1) is 15.8. The van der Waals surface area contributed by atoms with Crippen molar-refractivity contribution >= 4 is 0 Å². The molecule has 32 heavy (non-hydrogen) atoms. The lowest BCUT2D eigenvalue weighted by Gasteiger charge is -2.26. The van der Waals surface area contributed by atoms with Crippen molar-refractivity contribution in [2.24, 2.45) is 0 Å². The highest BCUT2D eigenvalue weighted by Crippen LogP contribution is 2.26. The molecule has 0 N–H and O–H groups in total. The summed E-state index contributed by atoms with van der Waals surface area (Å²) in [7, 11) is 1.67. The van der Waals surface area contributed by atoms with Crippen LogP contribution in [0.2, 0.25) is 0 Å². The van der Waals surface area contributed by atoms with Crippen LogP contribution in [-0.4, -0.2) is 37.3 Å². The quantitative estimate of drug-likeness (QED) is 0.400. The molecule has 168 valence electrons. The van der Waals surface area contributed by atoms with Gasteiger partial charge in [0, 0.05) is 26.6 Å². The molecule has 5 heteroatoms. The van der Waals surface area contributed by atoms with E-state index in [0.717, 1.165) is 5.56 Å². The molecule has 0 bridgehead atoms. The number of hydrogen-bond acceptors (Lipinski definition) is 5. The van der Waals surface area contributed by atoms with Gasteiger partial charge < -0.3 is 14.2 Å². The van der Waals surface area contributed by atoms with Gasteiger partial charge in [0.2, 0.25) is 0 Å². The maximum absolute atomic E-state index is 6.28. The fourth-order valence-corrected chi connectivity index (χ4v) is 3.83. The van der Waals surface area contributed by atoms with Gasteiger partial charge in [0.05, 0.1) is 19.3 Å². The van der Waals surface area contributed by atoms with Crippen LogP contribution in [0.4, 0.5) is 0 Å². The summed E-state index contributed by atoms with van der Waals surface area (Å²) < 4.78 is 17.7. The van der Waals surface area contributed by atoms with Gasteiger partial charge in [-0.05, 0) is 16.7 Å². The van der Waals surface area contributed by atoms with Crippen LogP contribution < -0.4 is 0 Å². The van der Waals surface area contributed by atoms with Gasteiger partial charge in [0.15, 0.2) is 6.29 Å². The smallest absolute Gasteiger partial charge is 0.160 e. The first-order valence-electron chi connectivity index (χ1n) is 11.1. The van der Waals surface area contributed by atoms with E-state index < -0.39 is 0 Å². The lowest BCUT2D eigenvalue weighted by molar-refractivity contribution is -0.216. The highest BCUT2D eigenvalue weighted by atomic mass is 16.7. The van der Waals surface area contributed by atoms with Crippen molar-refractivity contribution in [3.8, 4) is 0 Å². The zero-order valence-electron chi connectivity index (χ0n) is 18.5. The number of rotatable bonds is 11. The number of hydrogen-bond donors (Lipinski definition) is 0. The Morgan fingerprint density at radius 1 is 0.781 bits per heavy atom. The molecule has 0 aromatic heterocycles. The first kappa shape index (κ1) is 22.6. The summed E-state index contributed by atoms with van der Waals surface area (Å²) in [6.45, 7) is 2.32. The molecule has 3 aromatic rings. The summed E-state index contributed by atoms with van der Waals surface area (Å²) in [6.07, 6.45) is 0.128. The van der Waals surface area contributed by atoms with Gasteiger partial charge in [-0.3, -0.25) is 4.84 Å². The predicted molar refractivity (Wildman–Crippen MR) is 123 cm³/mol. The molecule has 0 amide bonds. The summed E-state index contributed by atoms with van der Waals surface area (Å²) in [4.78, 5) is 6.28. The Bertz CT molecular complexity index is 865. The molecule has 5 nitrogen and oxygen atoms in total. The Balaban J connectivity index is 1.38. The van der Waals surface area contributed by atoms with Crippen molar-refractivity contribution in [2.75, 3.05) is 13.7 Å². The molecule has 1 saturated heterocycles. The van der Waals surface area contributed by atoms with Crippen LogP contribution in [0.5, 0.6) is 0 Å². The molecular weight excluding hydrogens is 402 g/mol. The van der Waals surface area contributed by atoms with Gasteiger partial charge in [0.25, 0.3) is 0 Å². The van der Waals surface area contributed by atoms with E-state index in [-0.39, 0.29) is 18.5 Å². The normalized spacial score (nSPS) is 20.6. The third kappa shape index (κ3) is 6.73. The van der Waals surface area contributed by atoms with Crippen LogP contribution in [0, 0.1) is 0 Å². The second-order valence-corrected chi connectivity index (χ2v) is 7.98. The average molecular weight is 434 g/mol. The molecule has 1 fully saturated rings. The maximum Gasteiger partial charge on any atom is 0.160 e. The second kappa shape index (κ2) is 11.9. The van der Waals surface area contributed by atoms with Crippen LogP contribution in [0.25, 0.3) is 0 Å². The van der Waals surface area contributed by atoms with Gasteiger partial charge in [-0.25, -0.2) is 0 Å². The van der Waals surface area contributed by atoms with E-state index in [1.807, 2.05) is 59.7 Å². The predicted octanol–water partition coefficient (Wildman–Crippen LogP) is 4.97. The zero-order valence-corrected chi connectivity index (χ0v) is 18.5. The third-order valence-corrected chi connectivity index (χ3v) is 5.56. The molecule has 4 rings (SSSR count). The fraction of sp³-hybridized carbons (Fsp3) is 0.333. The van der Waals surface area contributed by atoms with Crippen molar-refractivity contribution in [2.45, 2.75) is 44.6 Å². The summed E-state index contributed by atoms with van der Waals surface area (Å²) >= 11 is 0. The minimum Gasteiger partial charge on any atom is -0.371 e. The molecule has 1 aliphatic rings. The molecule has 0 aliphatic carbocycles. The van der Waals surface area contributed by atoms with E-state index in [2.05, 4.69) is 36.4 Å². The Labute approximate surface area is 190 Å². The van der Waals surface area contributed by atoms with Crippen molar-refractivity contribution in [3.63, 3.8) is 0 Å². The summed E-state index contributed by atoms with van der Waals surface area (Å²) in [6, 6.07) is 30.9. The lowest BCUT2D eigenvalue weighted by Crippen LogP contribution is -2.34. The maximum atomic E-state index is 6.28. The number of benzene rings is 3. The van der Waals surface area contributed by atoms with E-state index in [4.69, 9.17) is 19.0 Å². The Hall–Kier alpha value is -2.54. The highest BCUT2D eigenvalue weighted by Gasteiger charge is 2.37. The monoisotopic (exact) mass is 433 g/mol. The standard InChI is InChI=1S/C27H31NO4/c1-29-27-17-25(30-20-24-15-9-4-10-16-24)26(32-27)21-31-28(18-22-11-5-2-6-12-22)19-23-13-7-3-8-14-23/h2-16,25-27H,17-21H2,1H3/t25-,26?,27+/m0/s1. The topological polar surface area (TPSA) is 40.2 Å². The van der Waals surface area contributed by atoms with Crippen LogP contribution in [0.15, 0.2) is 91.0 Å². The van der Waals surface area contributed by atoms with Crippen LogP contribution in [-0.2, 0) is 38.7 Å². The first-order valence-corrected chi connectivity index (χ1v) is 11.1. The van der Waals surface area contributed by atoms with Gasteiger partial charge in [-0.2, -0.15) is 5.06 Å². The van der Waals surface area contributed by atoms with Gasteiger partial charge in [-0.1, -0.05) is 91.0 Å². The molecule has 0 saturated carbocycles. The molecule has 0 radical (unpaired) electrons. The molecule has 1 heterocycles. The van der Waals surface area contributed by atoms with Gasteiger partial charge in [-0.15, -0.1) is 0 Å². The Morgan fingerprint density at radius 3 is 1.84 bits per heavy atom. The molecule has 3 atom stereocenters. The highest BCUT2D eigenvalue weighted by molar-refractivity contribution is 5.16. The van der Waals surface area contributed by atoms with Gasteiger partial charge in [0.1, 0.15) is 6.10 Å². The third-order valence-electron chi connectivity index (χ3n) is 5.56. The van der Waals surface area contributed by atoms with Crippen molar-refractivity contribution in [3.05, 3.63) is 108 Å². The lowest BCUT2D eigenvalue weighted by atomic mass is 10.2. The average Bonchev–Trinajstić information content (AvgIpc) is 3.25. The van der Waals surface area contributed by atoms with Crippen molar-refractivity contribution in [1.29, 1.82) is 0 Å². The van der Waals surface area contributed by atoms with E-state index in [1.54, 1.807) is 7.11 Å². The summed E-state index contributed by atoms with van der Waals surface area (Å²) in [5.41, 5.74) is 3.53. The van der Waals surface area contributed by atoms with Crippen LogP contribution in [0.3, 0.4) is 0 Å². The number of methoxy groups -OCH3 is 1. The Morgan fingerprint density at radius 2 is 1.31 bits per heavy atom. The van der Waals surface area contributed by atoms with E-state index >= 15 is 0 Å². The van der Waals surface area contributed by atoms with E-state index in [1.165, 1.54) is 11.1 Å². The number of hydroxylamine groups is 2. The second-order valence-electron chi connectivity index (χ2n) is 7.98. The fourth-order valence-electron chi connectivity index (χ4n) is 3.83. The van der Waals surface area contributed by atoms with Crippen LogP contribution in [0.1, 0.15) is 23.1 Å². The number of nitrogens with zero attached hydrogens (tertiary/aromatic N) is 1. The molecular formula is C27H31NO4. The minimum atomic E-state index is -0.277. The van der Waals surface area contributed by atoms with Crippen LogP contribution >= 0.6 is 0 Å². The van der Waals surface area contributed by atoms with Gasteiger partial charge >= 0.3 is 0 Å². The molecule has 1 unspecified atom stereocenters. The van der Waals surface area contributed by atoms with E-state index in [9.17, 15) is 0 Å². The zero-order chi connectivity index (χ0) is 22.0. The SMILES string of the molecule is CO[C@H]1C[C@H](OCc2ccccc2)C(CON(Cc2ccccc2)Cc2ccccc2)O1. The summed E-state index contributed by atoms with van der Waals surface area (Å²) in [5, 5.41) is 1.99. The van der Waals surface area contributed by atoms with Crippen molar-refractivity contribution in [1.82, 2.24) is 5.06 Å². The molecule has 0 spiro atoms. The van der Waals surface area contributed by atoms with E-state index in [0.29, 0.717) is 32.7 Å². The largest absolute Gasteiger partial charge is 0.371 e. The summed E-state index contributed by atoms with van der Waals surface area (Å²) in [5.74, 6) is 0. The Kier molecular flexibility index (Phi) is 8.42. The molecule has 3 aromatic carbocycles. The number of ether oxygens (including phenoxy) is 3.